The van der Waals surface area contributed by atoms with E-state index >= 15 is 0 Å². The number of piperidine rings is 1. The van der Waals surface area contributed by atoms with Gasteiger partial charge in [0.2, 0.25) is 17.7 Å². The van der Waals surface area contributed by atoms with E-state index in [1.807, 2.05) is 6.92 Å². The molecule has 0 aliphatic carbocycles. The fraction of sp³-hybridized carbons (Fsp3) is 0.298. The number of carbonyl (C=O) groups is 5. The van der Waals surface area contributed by atoms with Crippen molar-refractivity contribution >= 4 is 57.8 Å². The number of imide groups is 2. The standard InChI is InChI=1S/C47H43ClN4O13/c1-3-62-39-25-41-34(23-33(39)29-20-28(26-49)21-30(22-29)50-27(2)53)36(54)24-40(65-41)31-6-4-9-38(44(31)48)64-19-17-61-15-13-59-12-14-60-16-18-63-37-8-5-7-32-43(37)47(58)52(46(32)57)35-10-11-42(55)51-45(35)56/h4-9,20-25,35H,3,10-19H2,1-2H3,(H,50,53)(H,51,55,56). The molecule has 65 heavy (non-hydrogen) atoms. The van der Waals surface area contributed by atoms with E-state index in [-0.39, 0.29) is 109 Å². The summed E-state index contributed by atoms with van der Waals surface area (Å²) in [5, 5.41) is 15.0. The second-order valence-electron chi connectivity index (χ2n) is 14.6. The highest BCUT2D eigenvalue weighted by molar-refractivity contribution is 6.34. The Balaban J connectivity index is 0.843. The maximum Gasteiger partial charge on any atom is 0.266 e. The van der Waals surface area contributed by atoms with Crippen LogP contribution in [0, 0.1) is 11.3 Å². The minimum absolute atomic E-state index is 0.0269. The van der Waals surface area contributed by atoms with Crippen LogP contribution >= 0.6 is 11.6 Å². The molecule has 17 nitrogen and oxygen atoms in total. The van der Waals surface area contributed by atoms with E-state index in [0.29, 0.717) is 52.7 Å². The van der Waals surface area contributed by atoms with E-state index in [9.17, 15) is 34.0 Å². The zero-order valence-electron chi connectivity index (χ0n) is 35.4. The van der Waals surface area contributed by atoms with E-state index in [4.69, 9.17) is 44.4 Å². The van der Waals surface area contributed by atoms with Gasteiger partial charge in [0.25, 0.3) is 11.8 Å². The van der Waals surface area contributed by atoms with Crippen LogP contribution in [0.1, 0.15) is 53.0 Å². The van der Waals surface area contributed by atoms with Gasteiger partial charge >= 0.3 is 0 Å². The Bertz CT molecular complexity index is 2770. The molecular formula is C47H43ClN4O13. The molecule has 5 amide bonds. The van der Waals surface area contributed by atoms with Crippen LogP contribution < -0.4 is 30.3 Å². The van der Waals surface area contributed by atoms with Crippen LogP contribution in [0.4, 0.5) is 5.69 Å². The maximum atomic E-state index is 13.6. The van der Waals surface area contributed by atoms with E-state index < -0.39 is 29.7 Å². The second kappa shape index (κ2) is 21.1. The number of fused-ring (bicyclic) bond motifs is 2. The molecule has 1 fully saturated rings. The molecule has 2 aliphatic heterocycles. The smallest absolute Gasteiger partial charge is 0.266 e. The van der Waals surface area contributed by atoms with Crippen LogP contribution in [-0.4, -0.2) is 99.9 Å². The first-order valence-electron chi connectivity index (χ1n) is 20.7. The number of ether oxygens (including phenoxy) is 6. The number of rotatable bonds is 20. The number of carbonyl (C=O) groups excluding carboxylic acids is 5. The average molecular weight is 907 g/mol. The second-order valence-corrected chi connectivity index (χ2v) is 15.0. The number of anilines is 1. The molecule has 4 aromatic carbocycles. The van der Waals surface area contributed by atoms with Crippen LogP contribution in [-0.2, 0) is 28.6 Å². The number of nitrogens with one attached hydrogen (secondary N) is 2. The van der Waals surface area contributed by atoms with Crippen molar-refractivity contribution < 1.29 is 56.8 Å². The zero-order valence-corrected chi connectivity index (χ0v) is 36.1. The summed E-state index contributed by atoms with van der Waals surface area (Å²) in [6.07, 6.45) is 0.0851. The fourth-order valence-electron chi connectivity index (χ4n) is 7.32. The van der Waals surface area contributed by atoms with Gasteiger partial charge in [-0.15, -0.1) is 0 Å². The van der Waals surface area contributed by atoms with Crippen LogP contribution in [0.2, 0.25) is 5.02 Å². The molecule has 1 saturated heterocycles. The first-order valence-corrected chi connectivity index (χ1v) is 21.0. The van der Waals surface area contributed by atoms with E-state index in [1.54, 1.807) is 60.7 Å². The van der Waals surface area contributed by atoms with Gasteiger partial charge in [-0.3, -0.25) is 39.0 Å². The Morgan fingerprint density at radius 1 is 0.800 bits per heavy atom. The third-order valence-electron chi connectivity index (χ3n) is 10.2. The van der Waals surface area contributed by atoms with Gasteiger partial charge < -0.3 is 38.2 Å². The van der Waals surface area contributed by atoms with Crippen LogP contribution in [0.15, 0.2) is 82.0 Å². The van der Waals surface area contributed by atoms with Gasteiger partial charge in [0.15, 0.2) is 5.43 Å². The summed E-state index contributed by atoms with van der Waals surface area (Å²) < 4.78 is 40.6. The molecule has 1 unspecified atom stereocenters. The Hall–Kier alpha value is -7.10. The number of amides is 5. The number of hydrogen-bond donors (Lipinski definition) is 2. The molecular weight excluding hydrogens is 864 g/mol. The molecule has 0 spiro atoms. The maximum absolute atomic E-state index is 13.6. The summed E-state index contributed by atoms with van der Waals surface area (Å²) in [7, 11) is 0. The van der Waals surface area contributed by atoms with E-state index in [1.165, 1.54) is 19.1 Å². The lowest BCUT2D eigenvalue weighted by Gasteiger charge is -2.27. The monoisotopic (exact) mass is 906 g/mol. The molecule has 18 heteroatoms. The van der Waals surface area contributed by atoms with Gasteiger partial charge in [-0.1, -0.05) is 23.7 Å². The number of benzene rings is 4. The van der Waals surface area contributed by atoms with E-state index in [0.717, 1.165) is 4.90 Å². The first-order chi connectivity index (χ1) is 31.5. The molecule has 1 atom stereocenters. The lowest BCUT2D eigenvalue weighted by Crippen LogP contribution is -2.54. The Labute approximate surface area is 377 Å². The minimum atomic E-state index is -1.07. The zero-order chi connectivity index (χ0) is 46.0. The molecule has 7 rings (SSSR count). The molecule has 3 heterocycles. The van der Waals surface area contributed by atoms with Gasteiger partial charge in [-0.2, -0.15) is 5.26 Å². The highest BCUT2D eigenvalue weighted by Gasteiger charge is 2.46. The van der Waals surface area contributed by atoms with Crippen molar-refractivity contribution in [2.24, 2.45) is 0 Å². The lowest BCUT2D eigenvalue weighted by molar-refractivity contribution is -0.136. The van der Waals surface area contributed by atoms with Gasteiger partial charge in [0.05, 0.1) is 79.4 Å². The largest absolute Gasteiger partial charge is 0.493 e. The minimum Gasteiger partial charge on any atom is -0.493 e. The Morgan fingerprint density at radius 3 is 2.12 bits per heavy atom. The fourth-order valence-corrected chi connectivity index (χ4v) is 7.59. The third kappa shape index (κ3) is 10.6. The van der Waals surface area contributed by atoms with Crippen molar-refractivity contribution in [3.8, 4) is 45.8 Å². The first kappa shape index (κ1) is 45.9. The lowest BCUT2D eigenvalue weighted by atomic mass is 9.99. The summed E-state index contributed by atoms with van der Waals surface area (Å²) in [5.74, 6) is -1.52. The van der Waals surface area contributed by atoms with E-state index in [2.05, 4.69) is 16.7 Å². The van der Waals surface area contributed by atoms with Crippen LogP contribution in [0.25, 0.3) is 33.4 Å². The summed E-state index contributed by atoms with van der Waals surface area (Å²) in [6.45, 7) is 5.30. The molecule has 0 radical (unpaired) electrons. The van der Waals surface area contributed by atoms with Gasteiger partial charge in [-0.25, -0.2) is 0 Å². The predicted octanol–water partition coefficient (Wildman–Crippen LogP) is 5.92. The summed E-state index contributed by atoms with van der Waals surface area (Å²) in [4.78, 5) is 76.4. The van der Waals surface area contributed by atoms with Crippen molar-refractivity contribution in [3.63, 3.8) is 0 Å². The molecule has 0 bridgehead atoms. The highest BCUT2D eigenvalue weighted by Crippen LogP contribution is 2.39. The molecule has 5 aromatic rings. The van der Waals surface area contributed by atoms with Crippen molar-refractivity contribution in [1.82, 2.24) is 10.2 Å². The summed E-state index contributed by atoms with van der Waals surface area (Å²) in [5.41, 5.74) is 2.39. The number of nitrogens with zero attached hydrogens (tertiary/aromatic N) is 2. The molecule has 2 aliphatic rings. The normalized spacial score (nSPS) is 14.6. The highest BCUT2D eigenvalue weighted by atomic mass is 35.5. The number of nitriles is 1. The number of halogens is 1. The van der Waals surface area contributed by atoms with Crippen molar-refractivity contribution in [2.75, 3.05) is 64.8 Å². The third-order valence-corrected chi connectivity index (χ3v) is 10.6. The number of hydrogen-bond acceptors (Lipinski definition) is 14. The predicted molar refractivity (Wildman–Crippen MR) is 235 cm³/mol. The van der Waals surface area contributed by atoms with Crippen molar-refractivity contribution in [1.29, 1.82) is 5.26 Å². The summed E-state index contributed by atoms with van der Waals surface area (Å²) >= 11 is 6.76. The molecule has 336 valence electrons. The van der Waals surface area contributed by atoms with Crippen LogP contribution in [0.5, 0.6) is 17.2 Å². The van der Waals surface area contributed by atoms with Crippen molar-refractivity contribution in [2.45, 2.75) is 32.7 Å². The Kier molecular flexibility index (Phi) is 14.9. The quantitative estimate of drug-likeness (QED) is 0.0684. The topological polar surface area (TPSA) is 222 Å². The molecule has 1 aromatic heterocycles. The van der Waals surface area contributed by atoms with Gasteiger partial charge in [0, 0.05) is 42.3 Å². The van der Waals surface area contributed by atoms with Crippen molar-refractivity contribution in [3.05, 3.63) is 105 Å². The van der Waals surface area contributed by atoms with Crippen LogP contribution in [0.3, 0.4) is 0 Å². The molecule has 2 N–H and O–H groups in total. The summed E-state index contributed by atoms with van der Waals surface area (Å²) in [6, 6.07) is 20.3. The van der Waals surface area contributed by atoms with Gasteiger partial charge in [0.1, 0.15) is 47.8 Å². The SMILES string of the molecule is CCOc1cc2oc(-c3cccc(OCCOCCOCCOCCOc4cccc5c4C(=O)N(C4CCC(=O)NC4=O)C5=O)c3Cl)cc(=O)c2cc1-c1cc(C#N)cc(NC(C)=O)c1. The average Bonchev–Trinajstić information content (AvgIpc) is 3.53. The van der Waals surface area contributed by atoms with Gasteiger partial charge in [-0.05, 0) is 67.4 Å². The molecule has 0 saturated carbocycles. The Morgan fingerprint density at radius 2 is 1.46 bits per heavy atom.